The van der Waals surface area contributed by atoms with Gasteiger partial charge in [-0.25, -0.2) is 0 Å². The predicted molar refractivity (Wildman–Crippen MR) is 38.9 cm³/mol. The van der Waals surface area contributed by atoms with E-state index in [1.54, 1.807) is 6.08 Å². The average Bonchev–Trinajstić information content (AvgIpc) is 2.29. The first-order valence-corrected chi connectivity index (χ1v) is 3.47. The molecule has 0 radical (unpaired) electrons. The van der Waals surface area contributed by atoms with Crippen LogP contribution in [-0.4, -0.2) is 17.5 Å². The second-order valence-electron chi connectivity index (χ2n) is 2.63. The SMILES string of the molecule is O=C1NC2=CC=CC(=O)C2C1=O. The van der Waals surface area contributed by atoms with Crippen molar-refractivity contribution < 1.29 is 14.4 Å². The van der Waals surface area contributed by atoms with Crippen molar-refractivity contribution >= 4 is 17.5 Å². The second kappa shape index (κ2) is 2.14. The van der Waals surface area contributed by atoms with E-state index in [2.05, 4.69) is 5.32 Å². The summed E-state index contributed by atoms with van der Waals surface area (Å²) in [5.74, 6) is -2.56. The number of allylic oxidation sites excluding steroid dienone is 4. The summed E-state index contributed by atoms with van der Waals surface area (Å²) < 4.78 is 0. The summed E-state index contributed by atoms with van der Waals surface area (Å²) in [5, 5.41) is 2.34. The van der Waals surface area contributed by atoms with Crippen molar-refractivity contribution in [1.29, 1.82) is 0 Å². The zero-order valence-corrected chi connectivity index (χ0v) is 6.03. The fraction of sp³-hybridized carbons (Fsp3) is 0.125. The highest BCUT2D eigenvalue weighted by molar-refractivity contribution is 6.45. The number of rotatable bonds is 0. The molecule has 0 aromatic carbocycles. The van der Waals surface area contributed by atoms with Gasteiger partial charge in [0, 0.05) is 5.70 Å². The van der Waals surface area contributed by atoms with Gasteiger partial charge in [-0.05, 0) is 12.2 Å². The van der Waals surface area contributed by atoms with Crippen LogP contribution < -0.4 is 5.32 Å². The summed E-state index contributed by atoms with van der Waals surface area (Å²) in [4.78, 5) is 32.9. The van der Waals surface area contributed by atoms with Gasteiger partial charge in [-0.2, -0.15) is 0 Å². The topological polar surface area (TPSA) is 63.2 Å². The number of hydrogen-bond acceptors (Lipinski definition) is 3. The van der Waals surface area contributed by atoms with Crippen LogP contribution in [0, 0.1) is 5.92 Å². The lowest BCUT2D eigenvalue weighted by Gasteiger charge is -2.06. The zero-order chi connectivity index (χ0) is 8.72. The maximum Gasteiger partial charge on any atom is 0.292 e. The van der Waals surface area contributed by atoms with E-state index in [1.807, 2.05) is 0 Å². The van der Waals surface area contributed by atoms with E-state index >= 15 is 0 Å². The molecule has 1 aliphatic carbocycles. The average molecular weight is 163 g/mol. The molecule has 0 saturated carbocycles. The third kappa shape index (κ3) is 0.747. The molecule has 0 aromatic heterocycles. The normalized spacial score (nSPS) is 26.8. The molecule has 4 heteroatoms. The number of carbonyl (C=O) groups excluding carboxylic acids is 3. The molecular weight excluding hydrogens is 158 g/mol. The van der Waals surface area contributed by atoms with E-state index < -0.39 is 17.6 Å². The van der Waals surface area contributed by atoms with Gasteiger partial charge in [-0.15, -0.1) is 0 Å². The highest BCUT2D eigenvalue weighted by Gasteiger charge is 2.41. The standard InChI is InChI=1S/C8H5NO3/c10-5-3-1-2-4-6(5)7(11)8(12)9-4/h1-3,6H,(H,9,12). The number of nitrogens with one attached hydrogen (secondary N) is 1. The summed E-state index contributed by atoms with van der Waals surface area (Å²) in [7, 11) is 0. The fourth-order valence-corrected chi connectivity index (χ4v) is 1.30. The van der Waals surface area contributed by atoms with Gasteiger partial charge < -0.3 is 5.32 Å². The van der Waals surface area contributed by atoms with Crippen molar-refractivity contribution in [2.24, 2.45) is 5.92 Å². The molecule has 60 valence electrons. The minimum Gasteiger partial charge on any atom is -0.322 e. The second-order valence-corrected chi connectivity index (χ2v) is 2.63. The molecule has 0 aromatic rings. The van der Waals surface area contributed by atoms with Gasteiger partial charge in [0.05, 0.1) is 0 Å². The molecule has 1 amide bonds. The van der Waals surface area contributed by atoms with Crippen LogP contribution in [0.2, 0.25) is 0 Å². The van der Waals surface area contributed by atoms with Gasteiger partial charge in [0.15, 0.2) is 5.78 Å². The third-order valence-electron chi connectivity index (χ3n) is 1.88. The predicted octanol–water partition coefficient (Wildman–Crippen LogP) is -0.676. The molecule has 2 aliphatic rings. The first-order chi connectivity index (χ1) is 5.70. The molecule has 1 aliphatic heterocycles. The van der Waals surface area contributed by atoms with Crippen LogP contribution >= 0.6 is 0 Å². The quantitative estimate of drug-likeness (QED) is 0.380. The van der Waals surface area contributed by atoms with Crippen LogP contribution in [0.5, 0.6) is 0 Å². The minimum absolute atomic E-state index is 0.323. The van der Waals surface area contributed by atoms with Gasteiger partial charge >= 0.3 is 0 Å². The molecular formula is C8H5NO3. The van der Waals surface area contributed by atoms with Gasteiger partial charge in [0.2, 0.25) is 5.78 Å². The van der Waals surface area contributed by atoms with E-state index in [9.17, 15) is 14.4 Å². The Bertz CT molecular complexity index is 351. The zero-order valence-electron chi connectivity index (χ0n) is 6.03. The van der Waals surface area contributed by atoms with E-state index in [4.69, 9.17) is 0 Å². The molecule has 1 heterocycles. The van der Waals surface area contributed by atoms with Crippen molar-refractivity contribution in [1.82, 2.24) is 5.32 Å². The molecule has 1 N–H and O–H groups in total. The number of ketones is 2. The summed E-state index contributed by atoms with van der Waals surface area (Å²) in [5.41, 5.74) is 0.400. The number of hydrogen-bond donors (Lipinski definition) is 1. The van der Waals surface area contributed by atoms with Crippen LogP contribution in [0.1, 0.15) is 0 Å². The van der Waals surface area contributed by atoms with Crippen molar-refractivity contribution in [3.8, 4) is 0 Å². The van der Waals surface area contributed by atoms with Crippen LogP contribution in [-0.2, 0) is 14.4 Å². The number of Topliss-reactive ketones (excluding diaryl/α,β-unsaturated/α-hetero) is 1. The molecule has 1 atom stereocenters. The van der Waals surface area contributed by atoms with Gasteiger partial charge in [-0.1, -0.05) is 6.08 Å². The number of amides is 1. The van der Waals surface area contributed by atoms with Crippen molar-refractivity contribution in [2.75, 3.05) is 0 Å². The van der Waals surface area contributed by atoms with Gasteiger partial charge in [0.1, 0.15) is 5.92 Å². The van der Waals surface area contributed by atoms with Gasteiger partial charge in [0.25, 0.3) is 5.91 Å². The van der Waals surface area contributed by atoms with Crippen LogP contribution in [0.3, 0.4) is 0 Å². The Labute approximate surface area is 67.9 Å². The van der Waals surface area contributed by atoms with E-state index in [0.717, 1.165) is 0 Å². The minimum atomic E-state index is -0.887. The lowest BCUT2D eigenvalue weighted by molar-refractivity contribution is -0.138. The monoisotopic (exact) mass is 163 g/mol. The van der Waals surface area contributed by atoms with Crippen molar-refractivity contribution in [3.05, 3.63) is 23.9 Å². The maximum absolute atomic E-state index is 11.1. The van der Waals surface area contributed by atoms with Crippen LogP contribution in [0.15, 0.2) is 23.9 Å². The Morgan fingerprint density at radius 1 is 1.25 bits per heavy atom. The first kappa shape index (κ1) is 6.97. The summed E-state index contributed by atoms with van der Waals surface area (Å²) in [6.45, 7) is 0. The van der Waals surface area contributed by atoms with Gasteiger partial charge in [-0.3, -0.25) is 14.4 Å². The van der Waals surface area contributed by atoms with Crippen molar-refractivity contribution in [2.45, 2.75) is 0 Å². The van der Waals surface area contributed by atoms with Crippen LogP contribution in [0.4, 0.5) is 0 Å². The smallest absolute Gasteiger partial charge is 0.292 e. The van der Waals surface area contributed by atoms with E-state index in [1.165, 1.54) is 12.2 Å². The number of fused-ring (bicyclic) bond motifs is 1. The molecule has 1 unspecified atom stereocenters. The molecule has 1 saturated heterocycles. The third-order valence-corrected chi connectivity index (χ3v) is 1.88. The molecule has 2 rings (SSSR count). The van der Waals surface area contributed by atoms with Crippen molar-refractivity contribution in [3.63, 3.8) is 0 Å². The summed E-state index contributed by atoms with van der Waals surface area (Å²) >= 11 is 0. The first-order valence-electron chi connectivity index (χ1n) is 3.47. The largest absolute Gasteiger partial charge is 0.322 e. The molecule has 1 fully saturated rings. The Morgan fingerprint density at radius 2 is 2.00 bits per heavy atom. The Morgan fingerprint density at radius 3 is 2.67 bits per heavy atom. The number of carbonyl (C=O) groups is 3. The van der Waals surface area contributed by atoms with E-state index in [-0.39, 0.29) is 5.78 Å². The molecule has 0 bridgehead atoms. The molecule has 4 nitrogen and oxygen atoms in total. The van der Waals surface area contributed by atoms with E-state index in [0.29, 0.717) is 5.70 Å². The molecule has 0 spiro atoms. The lowest BCUT2D eigenvalue weighted by atomic mass is 9.95. The highest BCUT2D eigenvalue weighted by atomic mass is 16.2. The Balaban J connectivity index is 2.47. The fourth-order valence-electron chi connectivity index (χ4n) is 1.30. The summed E-state index contributed by atoms with van der Waals surface area (Å²) in [6, 6.07) is 0. The van der Waals surface area contributed by atoms with Crippen LogP contribution in [0.25, 0.3) is 0 Å². The Kier molecular flexibility index (Phi) is 1.24. The maximum atomic E-state index is 11.1. The lowest BCUT2D eigenvalue weighted by Crippen LogP contribution is -2.22. The summed E-state index contributed by atoms with van der Waals surface area (Å²) in [6.07, 6.45) is 4.38. The Hall–Kier alpha value is -1.71. The highest BCUT2D eigenvalue weighted by Crippen LogP contribution is 2.21. The molecule has 12 heavy (non-hydrogen) atoms.